The Hall–Kier alpha value is -1.12. The predicted molar refractivity (Wildman–Crippen MR) is 116 cm³/mol. The fourth-order valence-electron chi connectivity index (χ4n) is 3.24. The number of piperidine rings is 1. The van der Waals surface area contributed by atoms with Gasteiger partial charge >= 0.3 is 0 Å². The van der Waals surface area contributed by atoms with Gasteiger partial charge in [0.25, 0.3) is 0 Å². The fourth-order valence-corrected chi connectivity index (χ4v) is 3.24. The van der Waals surface area contributed by atoms with E-state index < -0.39 is 0 Å². The van der Waals surface area contributed by atoms with Crippen molar-refractivity contribution in [1.29, 1.82) is 0 Å². The maximum atomic E-state index is 6.07. The Morgan fingerprint density at radius 1 is 0.960 bits per heavy atom. The Morgan fingerprint density at radius 3 is 2.00 bits per heavy atom. The lowest BCUT2D eigenvalue weighted by Crippen LogP contribution is -2.48. The first-order valence-electron chi connectivity index (χ1n) is 10.4. The Morgan fingerprint density at radius 2 is 1.52 bits per heavy atom. The smallest absolute Gasteiger partial charge is 0.106 e. The third-order valence-corrected chi connectivity index (χ3v) is 3.95. The van der Waals surface area contributed by atoms with Gasteiger partial charge in [0.05, 0.1) is 12.6 Å². The average Bonchev–Trinajstić information content (AvgIpc) is 3.17. The highest BCUT2D eigenvalue weighted by molar-refractivity contribution is 5.28. The topological polar surface area (TPSA) is 12.5 Å². The van der Waals surface area contributed by atoms with Crippen molar-refractivity contribution in [2.75, 3.05) is 20.2 Å². The number of likely N-dealkylation sites (tertiary alicyclic amines) is 1. The molecule has 25 heavy (non-hydrogen) atoms. The Balaban J connectivity index is -0.000000524. The summed E-state index contributed by atoms with van der Waals surface area (Å²) in [5.74, 6) is 0. The number of nitrogens with zero attached hydrogens (tertiary/aromatic N) is 1. The third-order valence-electron chi connectivity index (χ3n) is 3.95. The second kappa shape index (κ2) is 16.4. The van der Waals surface area contributed by atoms with Gasteiger partial charge in [-0.05, 0) is 32.0 Å². The van der Waals surface area contributed by atoms with Crippen molar-refractivity contribution >= 4 is 0 Å². The minimum atomic E-state index is -0.0889. The van der Waals surface area contributed by atoms with Crippen molar-refractivity contribution in [3.8, 4) is 0 Å². The Bertz CT molecular complexity index is 421. The molecule has 0 aliphatic carbocycles. The standard InChI is InChI=1S/C15H19NO.4C2H6.H2/c1-16-11-5-9-15(10-6-12-17-15)14(16)13-7-3-2-4-8-13;4*1-2;/h2-4,6-8,10,14H,5,9,11-12H2,1H3;4*1-2H3;1H/i;;;;;1+1. The van der Waals surface area contributed by atoms with Crippen LogP contribution in [0.3, 0.4) is 0 Å². The van der Waals surface area contributed by atoms with Crippen molar-refractivity contribution in [3.05, 3.63) is 48.0 Å². The minimum absolute atomic E-state index is 0. The average molecular weight is 353 g/mol. The summed E-state index contributed by atoms with van der Waals surface area (Å²) in [5, 5.41) is 0. The molecule has 1 fully saturated rings. The Labute approximate surface area is 159 Å². The van der Waals surface area contributed by atoms with Crippen LogP contribution >= 0.6 is 0 Å². The molecule has 0 saturated carbocycles. The lowest BCUT2D eigenvalue weighted by molar-refractivity contribution is -0.0702. The monoisotopic (exact) mass is 352 g/mol. The van der Waals surface area contributed by atoms with Gasteiger partial charge in [-0.1, -0.05) is 97.9 Å². The van der Waals surface area contributed by atoms with Crippen LogP contribution in [0, 0.1) is 0 Å². The molecule has 148 valence electrons. The summed E-state index contributed by atoms with van der Waals surface area (Å²) < 4.78 is 6.07. The summed E-state index contributed by atoms with van der Waals surface area (Å²) in [6, 6.07) is 11.1. The first-order chi connectivity index (χ1) is 12.3. The molecule has 2 unspecified atom stereocenters. The molecule has 2 nitrogen and oxygen atoms in total. The molecule has 2 heteroatoms. The molecule has 2 aliphatic rings. The first-order valence-corrected chi connectivity index (χ1v) is 10.4. The summed E-state index contributed by atoms with van der Waals surface area (Å²) in [6.45, 7) is 17.9. The van der Waals surface area contributed by atoms with Gasteiger partial charge in [-0.15, -0.1) is 0 Å². The van der Waals surface area contributed by atoms with E-state index in [9.17, 15) is 0 Å². The van der Waals surface area contributed by atoms with Crippen LogP contribution in [0.5, 0.6) is 0 Å². The third kappa shape index (κ3) is 7.33. The molecule has 2 aliphatic heterocycles. The molecular formula is C23H45NO. The van der Waals surface area contributed by atoms with Crippen molar-refractivity contribution in [2.45, 2.75) is 79.9 Å². The van der Waals surface area contributed by atoms with Crippen molar-refractivity contribution < 1.29 is 6.16 Å². The van der Waals surface area contributed by atoms with Crippen LogP contribution < -0.4 is 0 Å². The fraction of sp³-hybridized carbons (Fsp3) is 0.652. The van der Waals surface area contributed by atoms with Crippen LogP contribution in [-0.4, -0.2) is 30.7 Å². The largest absolute Gasteiger partial charge is 0.365 e. The number of hydrogen-bond donors (Lipinski definition) is 0. The number of benzene rings is 1. The zero-order chi connectivity index (χ0) is 19.7. The molecule has 3 rings (SSSR count). The molecule has 1 spiro atoms. The molecule has 1 aromatic carbocycles. The van der Waals surface area contributed by atoms with Crippen LogP contribution in [0.2, 0.25) is 0 Å². The summed E-state index contributed by atoms with van der Waals surface area (Å²) in [7, 11) is 2.20. The van der Waals surface area contributed by atoms with Crippen LogP contribution in [0.15, 0.2) is 42.5 Å². The van der Waals surface area contributed by atoms with E-state index in [0.29, 0.717) is 6.04 Å². The van der Waals surface area contributed by atoms with Crippen LogP contribution in [0.1, 0.15) is 81.3 Å². The molecule has 1 saturated heterocycles. The van der Waals surface area contributed by atoms with Crippen molar-refractivity contribution in [1.82, 2.24) is 4.90 Å². The number of ether oxygens (including phenoxy) is 1. The van der Waals surface area contributed by atoms with E-state index in [1.165, 1.54) is 12.0 Å². The number of rotatable bonds is 1. The van der Waals surface area contributed by atoms with E-state index in [4.69, 9.17) is 4.74 Å². The minimum Gasteiger partial charge on any atom is -0.365 e. The quantitative estimate of drug-likeness (QED) is 0.498. The SMILES string of the molecule is CC.CC.CC.CC.CN1CCCC2(C=CCO2)C1c1ccccc1.[2HH]. The van der Waals surface area contributed by atoms with Crippen LogP contribution in [0.25, 0.3) is 0 Å². The van der Waals surface area contributed by atoms with E-state index in [1.807, 2.05) is 55.4 Å². The molecule has 1 aromatic rings. The molecule has 2 heterocycles. The molecular weight excluding hydrogens is 306 g/mol. The van der Waals surface area contributed by atoms with Gasteiger partial charge in [0.2, 0.25) is 0 Å². The zero-order valence-corrected chi connectivity index (χ0v) is 18.3. The van der Waals surface area contributed by atoms with Gasteiger partial charge in [-0.2, -0.15) is 0 Å². The summed E-state index contributed by atoms with van der Waals surface area (Å²) >= 11 is 0. The zero-order valence-electron chi connectivity index (χ0n) is 18.3. The van der Waals surface area contributed by atoms with Gasteiger partial charge in [-0.25, -0.2) is 0 Å². The van der Waals surface area contributed by atoms with Crippen LogP contribution in [0.4, 0.5) is 0 Å². The lowest BCUT2D eigenvalue weighted by Gasteiger charge is -2.45. The summed E-state index contributed by atoms with van der Waals surface area (Å²) in [6.07, 6.45) is 6.78. The van der Waals surface area contributed by atoms with E-state index in [-0.39, 0.29) is 7.03 Å². The first kappa shape index (κ1) is 26.1. The van der Waals surface area contributed by atoms with Gasteiger partial charge in [-0.3, -0.25) is 4.90 Å². The molecule has 0 bridgehead atoms. The normalized spacial score (nSPS) is 23.6. The highest BCUT2D eigenvalue weighted by Crippen LogP contribution is 2.43. The van der Waals surface area contributed by atoms with E-state index in [1.54, 1.807) is 0 Å². The summed E-state index contributed by atoms with van der Waals surface area (Å²) in [4.78, 5) is 2.43. The second-order valence-corrected chi connectivity index (χ2v) is 5.07. The molecule has 0 amide bonds. The van der Waals surface area contributed by atoms with Gasteiger partial charge in [0, 0.05) is 1.43 Å². The van der Waals surface area contributed by atoms with E-state index in [0.717, 1.165) is 19.6 Å². The highest BCUT2D eigenvalue weighted by atomic mass is 16.5. The van der Waals surface area contributed by atoms with Gasteiger partial charge in [0.1, 0.15) is 5.60 Å². The predicted octanol–water partition coefficient (Wildman–Crippen LogP) is 7.13. The van der Waals surface area contributed by atoms with Gasteiger partial charge in [0.15, 0.2) is 0 Å². The van der Waals surface area contributed by atoms with Crippen molar-refractivity contribution in [2.24, 2.45) is 0 Å². The number of hydrogen-bond acceptors (Lipinski definition) is 2. The number of likely N-dealkylation sites (N-methyl/N-ethyl adjacent to an activating group) is 1. The maximum Gasteiger partial charge on any atom is 0.106 e. The summed E-state index contributed by atoms with van der Waals surface area (Å²) in [5.41, 5.74) is 1.27. The van der Waals surface area contributed by atoms with Gasteiger partial charge < -0.3 is 4.74 Å². The molecule has 0 aromatic heterocycles. The van der Waals surface area contributed by atoms with Crippen LogP contribution in [-0.2, 0) is 4.74 Å². The molecule has 2 atom stereocenters. The second-order valence-electron chi connectivity index (χ2n) is 5.07. The maximum absolute atomic E-state index is 6.07. The van der Waals surface area contributed by atoms with E-state index >= 15 is 0 Å². The molecule has 0 N–H and O–H groups in total. The van der Waals surface area contributed by atoms with E-state index in [2.05, 4.69) is 54.4 Å². The highest BCUT2D eigenvalue weighted by Gasteiger charge is 2.44. The lowest BCUT2D eigenvalue weighted by atomic mass is 9.81. The van der Waals surface area contributed by atoms with Crippen molar-refractivity contribution in [3.63, 3.8) is 0 Å². The Kier molecular flexibility index (Phi) is 17.1. The molecule has 0 radical (unpaired) electrons.